The highest BCUT2D eigenvalue weighted by Gasteiger charge is 2.23. The molecule has 0 radical (unpaired) electrons. The number of hydrogen-bond donors (Lipinski definition) is 2. The zero-order chi connectivity index (χ0) is 32.5. The number of aromatic amines is 1. The van der Waals surface area contributed by atoms with Gasteiger partial charge in [-0.2, -0.15) is 0 Å². The lowest BCUT2D eigenvalue weighted by Crippen LogP contribution is -2.44. The van der Waals surface area contributed by atoms with E-state index in [-0.39, 0.29) is 24.0 Å². The molecular formula is C38H58N2O2. The third-order valence-electron chi connectivity index (χ3n) is 6.40. The van der Waals surface area contributed by atoms with E-state index < -0.39 is 6.04 Å². The van der Waals surface area contributed by atoms with Gasteiger partial charge in [0.05, 0.1) is 12.5 Å². The fraction of sp³-hybridized carbons (Fsp3) is 0.421. The van der Waals surface area contributed by atoms with E-state index in [1.807, 2.05) is 72.0 Å². The molecule has 2 rings (SSSR count). The van der Waals surface area contributed by atoms with Crippen LogP contribution in [0.1, 0.15) is 98.4 Å². The highest BCUT2D eigenvalue weighted by atomic mass is 16.2. The largest absolute Gasteiger partial charge is 0.361 e. The van der Waals surface area contributed by atoms with Crippen molar-refractivity contribution in [1.82, 2.24) is 10.3 Å². The predicted octanol–water partition coefficient (Wildman–Crippen LogP) is 10.2. The summed E-state index contributed by atoms with van der Waals surface area (Å²) >= 11 is 0. The second-order valence-electron chi connectivity index (χ2n) is 9.57. The van der Waals surface area contributed by atoms with Gasteiger partial charge in [-0.3, -0.25) is 9.59 Å². The molecule has 0 spiro atoms. The summed E-state index contributed by atoms with van der Waals surface area (Å²) in [5.74, 6) is 0.496. The van der Waals surface area contributed by atoms with Crippen LogP contribution in [0.3, 0.4) is 0 Å². The van der Waals surface area contributed by atoms with Gasteiger partial charge in [-0.25, -0.2) is 0 Å². The van der Waals surface area contributed by atoms with Crippen molar-refractivity contribution >= 4 is 23.8 Å². The number of ketones is 1. The van der Waals surface area contributed by atoms with Gasteiger partial charge in [0.25, 0.3) is 0 Å². The Morgan fingerprint density at radius 1 is 1.05 bits per heavy atom. The van der Waals surface area contributed by atoms with Crippen LogP contribution in [0, 0.1) is 11.8 Å². The minimum absolute atomic E-state index is 0.00649. The van der Waals surface area contributed by atoms with Gasteiger partial charge in [-0.05, 0) is 60.5 Å². The molecule has 4 nitrogen and oxygen atoms in total. The van der Waals surface area contributed by atoms with E-state index in [1.54, 1.807) is 12.2 Å². The molecule has 4 heteroatoms. The van der Waals surface area contributed by atoms with Gasteiger partial charge < -0.3 is 10.3 Å². The molecule has 1 unspecified atom stereocenters. The Balaban J connectivity index is 0. The summed E-state index contributed by atoms with van der Waals surface area (Å²) in [6, 6.07) is -0.434. The quantitative estimate of drug-likeness (QED) is 0.182. The first-order valence-corrected chi connectivity index (χ1v) is 15.5. The number of H-pyrrole nitrogens is 1. The molecule has 2 N–H and O–H groups in total. The minimum Gasteiger partial charge on any atom is -0.361 e. The SMILES string of the molecule is C=C/C=C\C=C/C(C)/C=C/CC.C=CC(=C)C1=Cc2c(CC(=O)N[C@H](C(C)=O)[C@@H](C)CC)c[nH]c2C=CC1.CC.CC. The number of amides is 1. The maximum Gasteiger partial charge on any atom is 0.225 e. The smallest absolute Gasteiger partial charge is 0.225 e. The Bertz CT molecular complexity index is 1110. The van der Waals surface area contributed by atoms with E-state index in [2.05, 4.69) is 74.3 Å². The van der Waals surface area contributed by atoms with Crippen molar-refractivity contribution in [3.8, 4) is 0 Å². The van der Waals surface area contributed by atoms with Crippen LogP contribution in [-0.2, 0) is 16.0 Å². The molecule has 0 aliphatic heterocycles. The Morgan fingerprint density at radius 2 is 1.71 bits per heavy atom. The summed E-state index contributed by atoms with van der Waals surface area (Å²) in [5.41, 5.74) is 4.84. The van der Waals surface area contributed by atoms with Crippen LogP contribution < -0.4 is 5.32 Å². The highest BCUT2D eigenvalue weighted by Crippen LogP contribution is 2.27. The van der Waals surface area contributed by atoms with Crippen LogP contribution in [0.4, 0.5) is 0 Å². The van der Waals surface area contributed by atoms with Gasteiger partial charge in [0.1, 0.15) is 0 Å². The zero-order valence-electron chi connectivity index (χ0n) is 27.9. The molecule has 1 aromatic rings. The Morgan fingerprint density at radius 3 is 2.26 bits per heavy atom. The first-order chi connectivity index (χ1) is 20.2. The monoisotopic (exact) mass is 574 g/mol. The third-order valence-corrected chi connectivity index (χ3v) is 6.40. The fourth-order valence-electron chi connectivity index (χ4n) is 3.91. The number of fused-ring (bicyclic) bond motifs is 1. The molecule has 1 aliphatic carbocycles. The molecule has 0 fully saturated rings. The molecule has 232 valence electrons. The molecule has 1 heterocycles. The van der Waals surface area contributed by atoms with E-state index in [1.165, 1.54) is 6.92 Å². The van der Waals surface area contributed by atoms with E-state index >= 15 is 0 Å². The number of nitrogens with one attached hydrogen (secondary N) is 2. The van der Waals surface area contributed by atoms with Crippen molar-refractivity contribution in [2.45, 2.75) is 94.0 Å². The van der Waals surface area contributed by atoms with Crippen LogP contribution in [0.5, 0.6) is 0 Å². The summed E-state index contributed by atoms with van der Waals surface area (Å²) < 4.78 is 0. The molecule has 1 aromatic heterocycles. The fourth-order valence-corrected chi connectivity index (χ4v) is 3.91. The molecule has 0 bridgehead atoms. The van der Waals surface area contributed by atoms with Crippen LogP contribution in [0.15, 0.2) is 91.8 Å². The lowest BCUT2D eigenvalue weighted by atomic mass is 9.95. The average molecular weight is 575 g/mol. The zero-order valence-corrected chi connectivity index (χ0v) is 27.9. The Hall–Kier alpha value is -3.66. The van der Waals surface area contributed by atoms with Crippen LogP contribution >= 0.6 is 0 Å². The van der Waals surface area contributed by atoms with E-state index in [9.17, 15) is 9.59 Å². The predicted molar refractivity (Wildman–Crippen MR) is 187 cm³/mol. The lowest BCUT2D eigenvalue weighted by Gasteiger charge is -2.21. The Labute approximate surface area is 257 Å². The van der Waals surface area contributed by atoms with Gasteiger partial charge >= 0.3 is 0 Å². The van der Waals surface area contributed by atoms with Crippen LogP contribution in [-0.4, -0.2) is 22.7 Å². The van der Waals surface area contributed by atoms with Gasteiger partial charge in [0.15, 0.2) is 5.78 Å². The number of hydrogen-bond acceptors (Lipinski definition) is 2. The Kier molecular flexibility index (Phi) is 24.2. The molecule has 1 aliphatic rings. The molecular weight excluding hydrogens is 516 g/mol. The van der Waals surface area contributed by atoms with Crippen molar-refractivity contribution in [2.24, 2.45) is 11.8 Å². The summed E-state index contributed by atoms with van der Waals surface area (Å²) in [6.07, 6.45) is 27.0. The van der Waals surface area contributed by atoms with Crippen LogP contribution in [0.25, 0.3) is 12.2 Å². The van der Waals surface area contributed by atoms with Gasteiger partial charge in [0.2, 0.25) is 5.91 Å². The number of carbonyl (C=O) groups is 2. The number of Topliss-reactive ketones (excluding diaryl/α,β-unsaturated/α-hetero) is 1. The third kappa shape index (κ3) is 16.0. The maximum atomic E-state index is 12.5. The van der Waals surface area contributed by atoms with Crippen molar-refractivity contribution in [2.75, 3.05) is 0 Å². The van der Waals surface area contributed by atoms with E-state index in [0.717, 1.165) is 47.2 Å². The van der Waals surface area contributed by atoms with Crippen LogP contribution in [0.2, 0.25) is 0 Å². The highest BCUT2D eigenvalue weighted by molar-refractivity contribution is 5.89. The average Bonchev–Trinajstić information content (AvgIpc) is 3.23. The molecule has 3 atom stereocenters. The van der Waals surface area contributed by atoms with Crippen molar-refractivity contribution < 1.29 is 9.59 Å². The van der Waals surface area contributed by atoms with E-state index in [4.69, 9.17) is 0 Å². The van der Waals surface area contributed by atoms with Crippen molar-refractivity contribution in [1.29, 1.82) is 0 Å². The summed E-state index contributed by atoms with van der Waals surface area (Å²) in [4.78, 5) is 27.6. The molecule has 0 saturated carbocycles. The maximum absolute atomic E-state index is 12.5. The number of allylic oxidation sites excluding steroid dienone is 11. The topological polar surface area (TPSA) is 62.0 Å². The normalized spacial score (nSPS) is 14.0. The van der Waals surface area contributed by atoms with Gasteiger partial charge in [-0.15, -0.1) is 0 Å². The number of rotatable bonds is 13. The standard InChI is InChI=1S/C22H28N2O2.C12H18.2C2H6/c1-6-14(3)17-9-8-10-20-19(11-17)18(13-23-20)12-21(26)24-22(16(5)25)15(4)7-2;1-4-6-8-9-11-12(3)10-7-5-2;2*1-2/h6,8,10-11,13,15,22-23H,1,3,7,9,12H2,2,4-5H3,(H,24,26);4,6-12H,1,5H2,2-3H3;2*1-2H3/b;8-6-,10-7+,11-9-;;/t15-,22-;;;/m0.../s1. The second kappa shape index (κ2) is 25.1. The molecule has 1 amide bonds. The first kappa shape index (κ1) is 40.5. The number of carbonyl (C=O) groups excluding carboxylic acids is 2. The summed E-state index contributed by atoms with van der Waals surface area (Å²) in [7, 11) is 0. The molecule has 0 aromatic carbocycles. The lowest BCUT2D eigenvalue weighted by molar-refractivity contribution is -0.127. The van der Waals surface area contributed by atoms with Gasteiger partial charge in [-0.1, -0.05) is 136 Å². The van der Waals surface area contributed by atoms with E-state index in [0.29, 0.717) is 5.92 Å². The molecule has 0 saturated heterocycles. The number of aromatic nitrogens is 1. The van der Waals surface area contributed by atoms with Gasteiger partial charge in [0, 0.05) is 17.5 Å². The van der Waals surface area contributed by atoms with Crippen molar-refractivity contribution in [3.63, 3.8) is 0 Å². The first-order valence-electron chi connectivity index (χ1n) is 15.5. The summed E-state index contributed by atoms with van der Waals surface area (Å²) in [5, 5.41) is 2.90. The van der Waals surface area contributed by atoms with Crippen molar-refractivity contribution in [3.05, 3.63) is 109 Å². The molecule has 42 heavy (non-hydrogen) atoms. The second-order valence-corrected chi connectivity index (χ2v) is 9.57. The minimum atomic E-state index is -0.434. The summed E-state index contributed by atoms with van der Waals surface area (Å²) in [6.45, 7) is 29.2.